The Morgan fingerprint density at radius 3 is 2.62 bits per heavy atom. The highest BCUT2D eigenvalue weighted by molar-refractivity contribution is 5.39. The molecular formula is C12H17NO3. The fourth-order valence-corrected chi connectivity index (χ4v) is 1.53. The minimum absolute atomic E-state index is 0.302. The maximum absolute atomic E-state index is 9.68. The number of benzene rings is 1. The lowest BCUT2D eigenvalue weighted by Crippen LogP contribution is -2.26. The number of β-amino-alcohol motifs (C(OH)–C–C–N with tert-alkyl or cyclic N) is 1. The third-order valence-electron chi connectivity index (χ3n) is 2.51. The fraction of sp³-hybridized carbons (Fsp3) is 0.500. The van der Waals surface area contributed by atoms with Gasteiger partial charge in [0.2, 0.25) is 0 Å². The predicted molar refractivity (Wildman–Crippen MR) is 60.9 cm³/mol. The first-order valence-electron chi connectivity index (χ1n) is 5.46. The van der Waals surface area contributed by atoms with Gasteiger partial charge in [-0.05, 0) is 12.1 Å². The van der Waals surface area contributed by atoms with Crippen molar-refractivity contribution in [3.63, 3.8) is 0 Å². The Kier molecular flexibility index (Phi) is 3.64. The molecule has 1 aliphatic heterocycles. The molecule has 1 N–H and O–H groups in total. The van der Waals surface area contributed by atoms with E-state index in [1.54, 1.807) is 7.11 Å². The number of aliphatic hydroxyl groups is 1. The standard InChI is InChI=1S/C12H17NO3/c1-15-11-4-2-3-5-12(11)16-9-10(14)8-13-6-7-13/h2-5,10,14H,6-9H2,1H3. The van der Waals surface area contributed by atoms with Crippen LogP contribution in [0, 0.1) is 0 Å². The molecule has 0 saturated carbocycles. The van der Waals surface area contributed by atoms with Crippen molar-refractivity contribution in [3.8, 4) is 11.5 Å². The van der Waals surface area contributed by atoms with Crippen molar-refractivity contribution in [2.75, 3.05) is 33.4 Å². The molecule has 4 heteroatoms. The van der Waals surface area contributed by atoms with Crippen molar-refractivity contribution in [3.05, 3.63) is 24.3 Å². The molecule has 1 aromatic rings. The summed E-state index contributed by atoms with van der Waals surface area (Å²) in [6.45, 7) is 3.17. The molecule has 0 amide bonds. The molecular weight excluding hydrogens is 206 g/mol. The molecule has 1 atom stereocenters. The Hall–Kier alpha value is -1.26. The number of hydrogen-bond donors (Lipinski definition) is 1. The minimum atomic E-state index is -0.438. The van der Waals surface area contributed by atoms with E-state index in [4.69, 9.17) is 9.47 Å². The Morgan fingerprint density at radius 1 is 1.31 bits per heavy atom. The molecule has 1 aromatic carbocycles. The smallest absolute Gasteiger partial charge is 0.161 e. The number of aliphatic hydroxyl groups excluding tert-OH is 1. The van der Waals surface area contributed by atoms with E-state index < -0.39 is 6.10 Å². The highest BCUT2D eigenvalue weighted by Gasteiger charge is 2.21. The Balaban J connectivity index is 1.82. The van der Waals surface area contributed by atoms with Gasteiger partial charge >= 0.3 is 0 Å². The number of nitrogens with zero attached hydrogens (tertiary/aromatic N) is 1. The van der Waals surface area contributed by atoms with E-state index in [1.807, 2.05) is 24.3 Å². The number of hydrogen-bond acceptors (Lipinski definition) is 4. The van der Waals surface area contributed by atoms with E-state index in [1.165, 1.54) is 0 Å². The normalized spacial score (nSPS) is 16.9. The van der Waals surface area contributed by atoms with Crippen LogP contribution in [0.2, 0.25) is 0 Å². The second-order valence-corrected chi connectivity index (χ2v) is 3.92. The van der Waals surface area contributed by atoms with E-state index in [2.05, 4.69) is 4.90 Å². The zero-order valence-electron chi connectivity index (χ0n) is 9.43. The van der Waals surface area contributed by atoms with Crippen LogP contribution >= 0.6 is 0 Å². The van der Waals surface area contributed by atoms with E-state index in [0.717, 1.165) is 13.1 Å². The van der Waals surface area contributed by atoms with Gasteiger partial charge in [-0.2, -0.15) is 0 Å². The van der Waals surface area contributed by atoms with Gasteiger partial charge in [-0.15, -0.1) is 0 Å². The van der Waals surface area contributed by atoms with Gasteiger partial charge in [0.05, 0.1) is 7.11 Å². The largest absolute Gasteiger partial charge is 0.493 e. The van der Waals surface area contributed by atoms with Crippen LogP contribution in [0.25, 0.3) is 0 Å². The summed E-state index contributed by atoms with van der Waals surface area (Å²) in [6.07, 6.45) is -0.438. The predicted octanol–water partition coefficient (Wildman–Crippen LogP) is 0.750. The molecule has 88 valence electrons. The highest BCUT2D eigenvalue weighted by atomic mass is 16.5. The average molecular weight is 223 g/mol. The third-order valence-corrected chi connectivity index (χ3v) is 2.51. The molecule has 1 heterocycles. The summed E-state index contributed by atoms with van der Waals surface area (Å²) in [5, 5.41) is 9.68. The molecule has 2 rings (SSSR count). The van der Waals surface area contributed by atoms with Gasteiger partial charge in [-0.25, -0.2) is 0 Å². The summed E-state index contributed by atoms with van der Waals surface area (Å²) in [4.78, 5) is 2.16. The molecule has 0 spiro atoms. The monoisotopic (exact) mass is 223 g/mol. The van der Waals surface area contributed by atoms with Gasteiger partial charge in [-0.1, -0.05) is 12.1 Å². The van der Waals surface area contributed by atoms with Crippen LogP contribution in [0.5, 0.6) is 11.5 Å². The van der Waals surface area contributed by atoms with E-state index >= 15 is 0 Å². The summed E-state index contributed by atoms with van der Waals surface area (Å²) >= 11 is 0. The molecule has 1 fully saturated rings. The van der Waals surface area contributed by atoms with Crippen molar-refractivity contribution < 1.29 is 14.6 Å². The molecule has 1 saturated heterocycles. The van der Waals surface area contributed by atoms with Crippen LogP contribution in [0.3, 0.4) is 0 Å². The zero-order chi connectivity index (χ0) is 11.4. The molecule has 1 aliphatic rings. The van der Waals surface area contributed by atoms with E-state index in [9.17, 15) is 5.11 Å². The van der Waals surface area contributed by atoms with Crippen molar-refractivity contribution in [1.29, 1.82) is 0 Å². The highest BCUT2D eigenvalue weighted by Crippen LogP contribution is 2.25. The SMILES string of the molecule is COc1ccccc1OCC(O)CN1CC1. The van der Waals surface area contributed by atoms with Gasteiger partial charge in [0, 0.05) is 19.6 Å². The molecule has 0 aliphatic carbocycles. The van der Waals surface area contributed by atoms with E-state index in [-0.39, 0.29) is 0 Å². The van der Waals surface area contributed by atoms with Crippen molar-refractivity contribution >= 4 is 0 Å². The van der Waals surface area contributed by atoms with Crippen LogP contribution in [-0.2, 0) is 0 Å². The van der Waals surface area contributed by atoms with Crippen molar-refractivity contribution in [2.45, 2.75) is 6.10 Å². The minimum Gasteiger partial charge on any atom is -0.493 e. The zero-order valence-corrected chi connectivity index (χ0v) is 9.43. The number of methoxy groups -OCH3 is 1. The van der Waals surface area contributed by atoms with Crippen LogP contribution in [-0.4, -0.2) is 49.5 Å². The van der Waals surface area contributed by atoms with E-state index in [0.29, 0.717) is 24.7 Å². The molecule has 16 heavy (non-hydrogen) atoms. The first-order valence-corrected chi connectivity index (χ1v) is 5.46. The summed E-state index contributed by atoms with van der Waals surface area (Å²) < 4.78 is 10.7. The third kappa shape index (κ3) is 3.12. The van der Waals surface area contributed by atoms with Crippen LogP contribution in [0.1, 0.15) is 0 Å². The Labute approximate surface area is 95.4 Å². The molecule has 1 unspecified atom stereocenters. The topological polar surface area (TPSA) is 41.7 Å². The maximum Gasteiger partial charge on any atom is 0.161 e. The second-order valence-electron chi connectivity index (χ2n) is 3.92. The quantitative estimate of drug-likeness (QED) is 0.723. The number of rotatable bonds is 6. The maximum atomic E-state index is 9.68. The Bertz CT molecular complexity index is 339. The van der Waals surface area contributed by atoms with Crippen LogP contribution < -0.4 is 9.47 Å². The van der Waals surface area contributed by atoms with Crippen molar-refractivity contribution in [2.24, 2.45) is 0 Å². The lowest BCUT2D eigenvalue weighted by Gasteiger charge is -2.14. The number of ether oxygens (including phenoxy) is 2. The molecule has 4 nitrogen and oxygen atoms in total. The van der Waals surface area contributed by atoms with Crippen molar-refractivity contribution in [1.82, 2.24) is 4.90 Å². The summed E-state index contributed by atoms with van der Waals surface area (Å²) in [5.74, 6) is 1.37. The van der Waals surface area contributed by atoms with Gasteiger partial charge in [0.15, 0.2) is 11.5 Å². The summed E-state index contributed by atoms with van der Waals surface area (Å²) in [7, 11) is 1.61. The average Bonchev–Trinajstić information content (AvgIpc) is 3.10. The molecule has 0 aromatic heterocycles. The van der Waals surface area contributed by atoms with Gasteiger partial charge in [0.1, 0.15) is 12.7 Å². The fourth-order valence-electron chi connectivity index (χ4n) is 1.53. The van der Waals surface area contributed by atoms with Gasteiger partial charge in [-0.3, -0.25) is 4.90 Å². The first kappa shape index (κ1) is 11.2. The Morgan fingerprint density at radius 2 is 2.00 bits per heavy atom. The lowest BCUT2D eigenvalue weighted by atomic mass is 10.3. The summed E-state index contributed by atoms with van der Waals surface area (Å²) in [5.41, 5.74) is 0. The van der Waals surface area contributed by atoms with Gasteiger partial charge < -0.3 is 14.6 Å². The van der Waals surface area contributed by atoms with Crippen LogP contribution in [0.4, 0.5) is 0 Å². The number of para-hydroxylation sites is 2. The lowest BCUT2D eigenvalue weighted by molar-refractivity contribution is 0.0928. The molecule has 0 bridgehead atoms. The first-order chi connectivity index (χ1) is 7.79. The van der Waals surface area contributed by atoms with Crippen LogP contribution in [0.15, 0.2) is 24.3 Å². The van der Waals surface area contributed by atoms with Gasteiger partial charge in [0.25, 0.3) is 0 Å². The molecule has 0 radical (unpaired) electrons. The summed E-state index contributed by atoms with van der Waals surface area (Å²) in [6, 6.07) is 7.45. The second kappa shape index (κ2) is 5.18.